The number of hydrogen-bond acceptors (Lipinski definition) is 3. The van der Waals surface area contributed by atoms with Gasteiger partial charge in [0.15, 0.2) is 0 Å². The second kappa shape index (κ2) is 10.2. The van der Waals surface area contributed by atoms with E-state index in [1.54, 1.807) is 0 Å². The summed E-state index contributed by atoms with van der Waals surface area (Å²) in [6.45, 7) is 1.63. The van der Waals surface area contributed by atoms with Gasteiger partial charge in [0, 0.05) is 22.5 Å². The highest BCUT2D eigenvalue weighted by Gasteiger charge is 2.36. The van der Waals surface area contributed by atoms with Crippen LogP contribution < -0.4 is 11.1 Å². The fourth-order valence-electron chi connectivity index (χ4n) is 4.22. The molecule has 2 aliphatic rings. The van der Waals surface area contributed by atoms with Crippen LogP contribution in [-0.2, 0) is 13.0 Å². The van der Waals surface area contributed by atoms with Crippen molar-refractivity contribution in [1.29, 1.82) is 0 Å². The van der Waals surface area contributed by atoms with Crippen molar-refractivity contribution in [2.24, 2.45) is 16.6 Å². The van der Waals surface area contributed by atoms with Crippen LogP contribution in [-0.4, -0.2) is 12.4 Å². The van der Waals surface area contributed by atoms with Crippen LogP contribution in [0.25, 0.3) is 0 Å². The van der Waals surface area contributed by atoms with Crippen molar-refractivity contribution in [1.82, 2.24) is 5.32 Å². The van der Waals surface area contributed by atoms with E-state index >= 15 is 0 Å². The number of aliphatic imine (C=N–C) groups is 1. The number of nitrogens with two attached hydrogens (primary N) is 1. The molecule has 0 aromatic heterocycles. The van der Waals surface area contributed by atoms with Crippen molar-refractivity contribution in [3.05, 3.63) is 63.1 Å². The first kappa shape index (κ1) is 23.3. The van der Waals surface area contributed by atoms with Crippen molar-refractivity contribution in [2.45, 2.75) is 38.1 Å². The third-order valence-corrected chi connectivity index (χ3v) is 6.12. The summed E-state index contributed by atoms with van der Waals surface area (Å²) in [6.07, 6.45) is 4.41. The van der Waals surface area contributed by atoms with E-state index in [9.17, 15) is 0 Å². The van der Waals surface area contributed by atoms with Crippen LogP contribution in [0.2, 0.25) is 10.0 Å². The zero-order valence-corrected chi connectivity index (χ0v) is 18.6. The molecule has 4 rings (SSSR count). The van der Waals surface area contributed by atoms with Crippen molar-refractivity contribution < 1.29 is 0 Å². The fraction of sp³-hybridized carbons (Fsp3) is 0.381. The number of halogens is 4. The molecular formula is C21H25Cl4N3. The standard InChI is InChI=1S/C21H23Cl2N3.2ClH/c22-15-4-1-3-13(9-15)12-25-8-7-14-10-20-18(11-19(14)23)16-5-2-6-17(16)21(24)26-20;;/h1,3-4,9-11,16-17,25H,2,5-8,12H2,(H2,24,26);2*1H. The number of rotatable bonds is 5. The molecule has 28 heavy (non-hydrogen) atoms. The maximum absolute atomic E-state index is 6.58. The summed E-state index contributed by atoms with van der Waals surface area (Å²) in [5, 5.41) is 5.06. The Kier molecular flexibility index (Phi) is 8.47. The van der Waals surface area contributed by atoms with E-state index in [4.69, 9.17) is 28.9 Å². The molecule has 152 valence electrons. The second-order valence-corrected chi connectivity index (χ2v) is 8.08. The molecule has 3 N–H and O–H groups in total. The van der Waals surface area contributed by atoms with Gasteiger partial charge in [0.2, 0.25) is 0 Å². The highest BCUT2D eigenvalue weighted by molar-refractivity contribution is 6.31. The zero-order valence-electron chi connectivity index (χ0n) is 15.5. The van der Waals surface area contributed by atoms with E-state index in [1.807, 2.05) is 18.2 Å². The Morgan fingerprint density at radius 3 is 2.64 bits per heavy atom. The molecule has 1 aliphatic carbocycles. The summed E-state index contributed by atoms with van der Waals surface area (Å²) < 4.78 is 0. The Labute approximate surface area is 188 Å². The smallest absolute Gasteiger partial charge is 0.103 e. The molecule has 0 bridgehead atoms. The van der Waals surface area contributed by atoms with E-state index in [0.717, 1.165) is 53.1 Å². The summed E-state index contributed by atoms with van der Waals surface area (Å²) >= 11 is 12.6. The third-order valence-electron chi connectivity index (χ3n) is 5.53. The maximum atomic E-state index is 6.58. The van der Waals surface area contributed by atoms with Gasteiger partial charge in [-0.05, 0) is 72.7 Å². The van der Waals surface area contributed by atoms with Crippen LogP contribution in [0.4, 0.5) is 5.69 Å². The maximum Gasteiger partial charge on any atom is 0.103 e. The molecule has 1 aliphatic heterocycles. The summed E-state index contributed by atoms with van der Waals surface area (Å²) in [5.41, 5.74) is 10.8. The molecule has 2 unspecified atom stereocenters. The first-order valence-corrected chi connectivity index (χ1v) is 9.99. The number of fused-ring (bicyclic) bond motifs is 3. The lowest BCUT2D eigenvalue weighted by atomic mass is 9.84. The van der Waals surface area contributed by atoms with Gasteiger partial charge in [0.05, 0.1) is 5.69 Å². The molecule has 0 radical (unpaired) electrons. The van der Waals surface area contributed by atoms with Crippen LogP contribution in [0.15, 0.2) is 41.4 Å². The van der Waals surface area contributed by atoms with E-state index in [1.165, 1.54) is 24.0 Å². The monoisotopic (exact) mass is 459 g/mol. The van der Waals surface area contributed by atoms with Crippen LogP contribution in [0, 0.1) is 5.92 Å². The minimum Gasteiger partial charge on any atom is -0.387 e. The number of nitrogens with one attached hydrogen (secondary N) is 1. The van der Waals surface area contributed by atoms with Gasteiger partial charge in [-0.2, -0.15) is 0 Å². The highest BCUT2D eigenvalue weighted by atomic mass is 35.5. The van der Waals surface area contributed by atoms with E-state index in [0.29, 0.717) is 11.8 Å². The van der Waals surface area contributed by atoms with Crippen molar-refractivity contribution in [3.8, 4) is 0 Å². The van der Waals surface area contributed by atoms with Crippen LogP contribution in [0.3, 0.4) is 0 Å². The minimum absolute atomic E-state index is 0. The average Bonchev–Trinajstić information content (AvgIpc) is 3.11. The van der Waals surface area contributed by atoms with Gasteiger partial charge in [-0.1, -0.05) is 41.8 Å². The van der Waals surface area contributed by atoms with Gasteiger partial charge >= 0.3 is 0 Å². The van der Waals surface area contributed by atoms with Crippen molar-refractivity contribution in [3.63, 3.8) is 0 Å². The zero-order chi connectivity index (χ0) is 18.1. The first-order chi connectivity index (χ1) is 12.6. The van der Waals surface area contributed by atoms with Gasteiger partial charge < -0.3 is 11.1 Å². The Hall–Kier alpha value is -0.970. The Bertz CT molecular complexity index is 854. The quantitative estimate of drug-likeness (QED) is 0.533. The molecule has 2 aromatic rings. The molecule has 2 atom stereocenters. The minimum atomic E-state index is 0. The SMILES string of the molecule is Cl.Cl.NC1=Nc2cc(CCNCc3cccc(Cl)c3)c(Cl)cc2C2CCCC12. The van der Waals surface area contributed by atoms with Gasteiger partial charge in [0.1, 0.15) is 5.84 Å². The normalized spacial score (nSPS) is 19.7. The third kappa shape index (κ3) is 4.95. The van der Waals surface area contributed by atoms with E-state index in [2.05, 4.69) is 28.5 Å². The molecule has 2 aromatic carbocycles. The highest BCUT2D eigenvalue weighted by Crippen LogP contribution is 2.47. The second-order valence-electron chi connectivity index (χ2n) is 7.24. The Morgan fingerprint density at radius 2 is 1.86 bits per heavy atom. The van der Waals surface area contributed by atoms with Crippen LogP contribution in [0.5, 0.6) is 0 Å². The Balaban J connectivity index is 0.00000140. The summed E-state index contributed by atoms with van der Waals surface area (Å²) in [5.74, 6) is 1.70. The van der Waals surface area contributed by atoms with Crippen molar-refractivity contribution >= 4 is 59.5 Å². The van der Waals surface area contributed by atoms with E-state index in [-0.39, 0.29) is 24.8 Å². The predicted molar refractivity (Wildman–Crippen MR) is 124 cm³/mol. The van der Waals surface area contributed by atoms with Crippen LogP contribution >= 0.6 is 48.0 Å². The van der Waals surface area contributed by atoms with Gasteiger partial charge in [-0.25, -0.2) is 4.99 Å². The molecular weight excluding hydrogens is 436 g/mol. The van der Waals surface area contributed by atoms with Crippen molar-refractivity contribution in [2.75, 3.05) is 6.54 Å². The molecule has 3 nitrogen and oxygen atoms in total. The summed E-state index contributed by atoms with van der Waals surface area (Å²) in [7, 11) is 0. The molecule has 7 heteroatoms. The summed E-state index contributed by atoms with van der Waals surface area (Å²) in [6, 6.07) is 12.2. The lowest BCUT2D eigenvalue weighted by molar-refractivity contribution is 0.609. The fourth-order valence-corrected chi connectivity index (χ4v) is 4.70. The lowest BCUT2D eigenvalue weighted by Crippen LogP contribution is -2.28. The molecule has 1 heterocycles. The lowest BCUT2D eigenvalue weighted by Gasteiger charge is -2.27. The molecule has 0 spiro atoms. The predicted octanol–water partition coefficient (Wildman–Crippen LogP) is 6.06. The number of amidine groups is 1. The van der Waals surface area contributed by atoms with Gasteiger partial charge in [0.25, 0.3) is 0 Å². The molecule has 0 amide bonds. The largest absolute Gasteiger partial charge is 0.387 e. The average molecular weight is 461 g/mol. The van der Waals surface area contributed by atoms with E-state index < -0.39 is 0 Å². The molecule has 1 fully saturated rings. The molecule has 1 saturated carbocycles. The topological polar surface area (TPSA) is 50.4 Å². The van der Waals surface area contributed by atoms with Crippen LogP contribution in [0.1, 0.15) is 41.9 Å². The van der Waals surface area contributed by atoms with Gasteiger partial charge in [-0.15, -0.1) is 24.8 Å². The Morgan fingerprint density at radius 1 is 1.07 bits per heavy atom. The summed E-state index contributed by atoms with van der Waals surface area (Å²) in [4.78, 5) is 4.68. The number of benzene rings is 2. The van der Waals surface area contributed by atoms with Gasteiger partial charge in [-0.3, -0.25) is 0 Å². The number of hydrogen-bond donors (Lipinski definition) is 2. The number of nitrogens with zero attached hydrogens (tertiary/aromatic N) is 1. The first-order valence-electron chi connectivity index (χ1n) is 9.23. The molecule has 0 saturated heterocycles.